The maximum Gasteiger partial charge on any atom is 0.338 e. The van der Waals surface area contributed by atoms with E-state index in [1.807, 2.05) is 0 Å². The van der Waals surface area contributed by atoms with Gasteiger partial charge in [0, 0.05) is 5.56 Å². The van der Waals surface area contributed by atoms with Crippen LogP contribution in [0.4, 0.5) is 8.78 Å². The lowest BCUT2D eigenvalue weighted by molar-refractivity contribution is -0.0778. The predicted molar refractivity (Wildman–Crippen MR) is 117 cm³/mol. The van der Waals surface area contributed by atoms with Gasteiger partial charge in [0.25, 0.3) is 5.56 Å². The van der Waals surface area contributed by atoms with E-state index in [-0.39, 0.29) is 11.1 Å². The lowest BCUT2D eigenvalue weighted by Crippen LogP contribution is -2.60. The van der Waals surface area contributed by atoms with Crippen LogP contribution in [0, 0.1) is 5.82 Å². The molecule has 1 aliphatic heterocycles. The number of nitrogens with zero attached hydrogens (tertiary/aromatic N) is 1. The number of ketones is 1. The molecule has 4 rings (SSSR count). The largest absolute Gasteiger partial charge is 0.459 e. The van der Waals surface area contributed by atoms with E-state index in [1.165, 1.54) is 36.4 Å². The molecule has 3 aromatic rings. The summed E-state index contributed by atoms with van der Waals surface area (Å²) in [5.74, 6) is -3.36. The highest BCUT2D eigenvalue weighted by Crippen LogP contribution is 2.49. The Labute approximate surface area is 196 Å². The fraction of sp³-hybridized carbons (Fsp3) is 0.250. The van der Waals surface area contributed by atoms with Gasteiger partial charge in [-0.3, -0.25) is 19.1 Å². The number of Topliss-reactive ketones (excluding diaryl/α,β-unsaturated/α-hetero) is 1. The van der Waals surface area contributed by atoms with E-state index in [1.54, 1.807) is 29.2 Å². The van der Waals surface area contributed by atoms with Gasteiger partial charge >= 0.3 is 11.7 Å². The molecule has 2 heterocycles. The van der Waals surface area contributed by atoms with Crippen molar-refractivity contribution < 1.29 is 33.0 Å². The molecule has 0 saturated carbocycles. The van der Waals surface area contributed by atoms with Gasteiger partial charge in [-0.2, -0.15) is 4.39 Å². The number of aromatic nitrogens is 2. The smallest absolute Gasteiger partial charge is 0.338 e. The van der Waals surface area contributed by atoms with Crippen molar-refractivity contribution in [3.8, 4) is 0 Å². The highest BCUT2D eigenvalue weighted by atomic mass is 19.1. The molecule has 1 fully saturated rings. The second-order valence-electron chi connectivity index (χ2n) is 8.12. The van der Waals surface area contributed by atoms with Crippen LogP contribution in [-0.4, -0.2) is 50.4 Å². The molecule has 1 saturated heterocycles. The Kier molecular flexibility index (Phi) is 6.22. The third-order valence-corrected chi connectivity index (χ3v) is 5.90. The van der Waals surface area contributed by atoms with Crippen LogP contribution < -0.4 is 11.2 Å². The Morgan fingerprint density at radius 3 is 2.26 bits per heavy atom. The molecular weight excluding hydrogens is 466 g/mol. The molecule has 1 aromatic heterocycles. The standard InChI is InChI=1S/C24H20F2N2O7/c1-23(26)21(28-12-16(25)19(30)27-22(28)32)35-17(13-34-20(31)15-10-6-3-7-11-15)24(23,33)18(29)14-8-4-2-5-9-14/h2-12,17,21,33H,13H2,1H3,(H,27,30,32)/t17-,21-,23+,24+/m1/s1. The highest BCUT2D eigenvalue weighted by molar-refractivity contribution is 6.04. The molecule has 35 heavy (non-hydrogen) atoms. The van der Waals surface area contributed by atoms with Crippen molar-refractivity contribution >= 4 is 11.8 Å². The average molecular weight is 486 g/mol. The topological polar surface area (TPSA) is 128 Å². The minimum Gasteiger partial charge on any atom is -0.459 e. The fourth-order valence-electron chi connectivity index (χ4n) is 3.99. The first kappa shape index (κ1) is 24.2. The molecule has 1 aliphatic rings. The molecule has 2 aromatic carbocycles. The maximum atomic E-state index is 16.3. The number of aromatic amines is 1. The zero-order valence-corrected chi connectivity index (χ0v) is 18.3. The summed E-state index contributed by atoms with van der Waals surface area (Å²) >= 11 is 0. The second kappa shape index (κ2) is 9.01. The Morgan fingerprint density at radius 2 is 1.66 bits per heavy atom. The fourth-order valence-corrected chi connectivity index (χ4v) is 3.99. The first-order valence-corrected chi connectivity index (χ1v) is 10.5. The van der Waals surface area contributed by atoms with Crippen molar-refractivity contribution in [2.24, 2.45) is 0 Å². The number of carbonyl (C=O) groups excluding carboxylic acids is 2. The molecule has 0 spiro atoms. The van der Waals surface area contributed by atoms with E-state index in [2.05, 4.69) is 0 Å². The molecule has 0 amide bonds. The molecule has 4 atom stereocenters. The number of aliphatic hydroxyl groups is 1. The van der Waals surface area contributed by atoms with E-state index in [9.17, 15) is 28.7 Å². The van der Waals surface area contributed by atoms with Gasteiger partial charge < -0.3 is 14.6 Å². The summed E-state index contributed by atoms with van der Waals surface area (Å²) in [5.41, 5.74) is -8.51. The Balaban J connectivity index is 1.76. The van der Waals surface area contributed by atoms with Crippen molar-refractivity contribution in [1.29, 1.82) is 0 Å². The Hall–Kier alpha value is -3.96. The summed E-state index contributed by atoms with van der Waals surface area (Å²) in [4.78, 5) is 51.2. The number of nitrogens with one attached hydrogen (secondary N) is 1. The number of hydrogen-bond acceptors (Lipinski definition) is 7. The van der Waals surface area contributed by atoms with Crippen molar-refractivity contribution in [2.75, 3.05) is 6.61 Å². The van der Waals surface area contributed by atoms with E-state index in [4.69, 9.17) is 9.47 Å². The molecule has 9 nitrogen and oxygen atoms in total. The van der Waals surface area contributed by atoms with E-state index in [0.29, 0.717) is 10.8 Å². The third-order valence-electron chi connectivity index (χ3n) is 5.90. The van der Waals surface area contributed by atoms with Gasteiger partial charge in [-0.25, -0.2) is 14.0 Å². The summed E-state index contributed by atoms with van der Waals surface area (Å²) in [5, 5.41) is 11.5. The van der Waals surface area contributed by atoms with Crippen LogP contribution in [0.1, 0.15) is 33.9 Å². The van der Waals surface area contributed by atoms with Crippen LogP contribution in [0.3, 0.4) is 0 Å². The summed E-state index contributed by atoms with van der Waals surface area (Å²) < 4.78 is 41.4. The van der Waals surface area contributed by atoms with E-state index in [0.717, 1.165) is 6.92 Å². The number of benzene rings is 2. The molecule has 2 N–H and O–H groups in total. The highest BCUT2D eigenvalue weighted by Gasteiger charge is 2.70. The number of carbonyl (C=O) groups is 2. The Morgan fingerprint density at radius 1 is 1.09 bits per heavy atom. The SMILES string of the molecule is C[C@]1(F)[C@H](n2cc(F)c(=O)[nH]c2=O)O[C@H](COC(=O)c2ccccc2)[C@]1(O)C(=O)c1ccccc1. The minimum atomic E-state index is -3.04. The number of H-pyrrole nitrogens is 1. The van der Waals surface area contributed by atoms with E-state index >= 15 is 4.39 Å². The minimum absolute atomic E-state index is 0.0810. The molecule has 11 heteroatoms. The zero-order valence-electron chi connectivity index (χ0n) is 18.3. The average Bonchev–Trinajstić information content (AvgIpc) is 3.06. The normalized spacial score (nSPS) is 25.8. The predicted octanol–water partition coefficient (Wildman–Crippen LogP) is 1.77. The Bertz CT molecular complexity index is 1370. The van der Waals surface area contributed by atoms with Crippen LogP contribution in [0.5, 0.6) is 0 Å². The number of alkyl halides is 1. The van der Waals surface area contributed by atoms with Gasteiger partial charge in [-0.1, -0.05) is 48.5 Å². The third kappa shape index (κ3) is 4.08. The summed E-state index contributed by atoms with van der Waals surface area (Å²) in [6.45, 7) is 0.0202. The second-order valence-corrected chi connectivity index (χ2v) is 8.12. The van der Waals surface area contributed by atoms with Gasteiger partial charge in [-0.05, 0) is 19.1 Å². The molecule has 0 radical (unpaired) electrons. The summed E-state index contributed by atoms with van der Waals surface area (Å²) in [7, 11) is 0. The van der Waals surface area contributed by atoms with Crippen molar-refractivity contribution in [3.05, 3.63) is 105 Å². The van der Waals surface area contributed by atoms with Crippen LogP contribution >= 0.6 is 0 Å². The number of halogens is 2. The lowest BCUT2D eigenvalue weighted by atomic mass is 9.77. The van der Waals surface area contributed by atoms with Crippen molar-refractivity contribution in [2.45, 2.75) is 30.5 Å². The zero-order chi connectivity index (χ0) is 25.4. The number of ether oxygens (including phenoxy) is 2. The maximum absolute atomic E-state index is 16.3. The van der Waals surface area contributed by atoms with Gasteiger partial charge in [-0.15, -0.1) is 0 Å². The molecule has 0 bridgehead atoms. The molecular formula is C24H20F2N2O7. The van der Waals surface area contributed by atoms with Gasteiger partial charge in [0.15, 0.2) is 17.5 Å². The van der Waals surface area contributed by atoms with E-state index < -0.39 is 59.0 Å². The van der Waals surface area contributed by atoms with Gasteiger partial charge in [0.1, 0.15) is 12.7 Å². The monoisotopic (exact) mass is 486 g/mol. The molecule has 0 unspecified atom stereocenters. The van der Waals surface area contributed by atoms with Crippen LogP contribution in [0.25, 0.3) is 0 Å². The van der Waals surface area contributed by atoms with Gasteiger partial charge in [0.05, 0.1) is 11.8 Å². The summed E-state index contributed by atoms with van der Waals surface area (Å²) in [6, 6.07) is 15.0. The quantitative estimate of drug-likeness (QED) is 0.402. The molecule has 0 aliphatic carbocycles. The summed E-state index contributed by atoms with van der Waals surface area (Å²) in [6.07, 6.45) is -3.45. The van der Waals surface area contributed by atoms with Crippen LogP contribution in [0.2, 0.25) is 0 Å². The van der Waals surface area contributed by atoms with Crippen LogP contribution in [-0.2, 0) is 9.47 Å². The first-order chi connectivity index (χ1) is 16.6. The lowest BCUT2D eigenvalue weighted by Gasteiger charge is -2.35. The van der Waals surface area contributed by atoms with Gasteiger partial charge in [0.2, 0.25) is 11.6 Å². The number of hydrogen-bond donors (Lipinski definition) is 2. The van der Waals surface area contributed by atoms with Crippen molar-refractivity contribution in [3.63, 3.8) is 0 Å². The van der Waals surface area contributed by atoms with Crippen molar-refractivity contribution in [1.82, 2.24) is 9.55 Å². The first-order valence-electron chi connectivity index (χ1n) is 10.5. The number of rotatable bonds is 6. The van der Waals surface area contributed by atoms with Crippen LogP contribution in [0.15, 0.2) is 76.4 Å². The number of esters is 1. The molecule has 182 valence electrons.